The number of piperidine rings is 1. The van der Waals surface area contributed by atoms with Crippen molar-refractivity contribution in [1.29, 1.82) is 0 Å². The molecule has 0 radical (unpaired) electrons. The molecule has 33 heavy (non-hydrogen) atoms. The van der Waals surface area contributed by atoms with Crippen molar-refractivity contribution in [3.63, 3.8) is 0 Å². The lowest BCUT2D eigenvalue weighted by Crippen LogP contribution is -2.43. The van der Waals surface area contributed by atoms with Crippen LogP contribution in [0.2, 0.25) is 5.02 Å². The highest BCUT2D eigenvalue weighted by atomic mass is 35.5. The summed E-state index contributed by atoms with van der Waals surface area (Å²) in [5.74, 6) is 3.10. The number of nitrogens with zero attached hydrogens (tertiary/aromatic N) is 3. The van der Waals surface area contributed by atoms with Crippen LogP contribution in [0, 0.1) is 12.8 Å². The monoisotopic (exact) mass is 484 g/mol. The number of hydrogen-bond acceptors (Lipinski definition) is 6. The Kier molecular flexibility index (Phi) is 8.42. The maximum atomic E-state index is 12.7. The Balaban J connectivity index is 1.20. The maximum absolute atomic E-state index is 12.7. The summed E-state index contributed by atoms with van der Waals surface area (Å²) in [4.78, 5) is 19.4. The largest absolute Gasteiger partial charge is 0.355 e. The van der Waals surface area contributed by atoms with E-state index in [0.717, 1.165) is 36.5 Å². The standard InChI is InChI=1S/C25H29ClN4O2S/c1-18-5-2-6-19(13-18)17-33-12-10-27-25(31)21-8-4-11-30(15-21)16-23-28-24(29-32-23)20-7-3-9-22(26)14-20/h2-3,5-7,9,13-14,21H,4,8,10-12,15-17H2,1H3,(H,27,31). The van der Waals surface area contributed by atoms with Gasteiger partial charge in [-0.2, -0.15) is 16.7 Å². The van der Waals surface area contributed by atoms with Crippen LogP contribution in [0.1, 0.15) is 29.9 Å². The van der Waals surface area contributed by atoms with Gasteiger partial charge in [-0.05, 0) is 44.0 Å². The zero-order valence-electron chi connectivity index (χ0n) is 18.8. The molecule has 8 heteroatoms. The Morgan fingerprint density at radius 1 is 1.27 bits per heavy atom. The number of thioether (sulfide) groups is 1. The molecule has 0 aliphatic carbocycles. The molecule has 4 rings (SSSR count). The molecule has 1 unspecified atom stereocenters. The van der Waals surface area contributed by atoms with E-state index < -0.39 is 0 Å². The fraction of sp³-hybridized carbons (Fsp3) is 0.400. The Bertz CT molecular complexity index is 1070. The second-order valence-corrected chi connectivity index (χ2v) is 9.97. The van der Waals surface area contributed by atoms with Gasteiger partial charge in [0.05, 0.1) is 12.5 Å². The van der Waals surface area contributed by atoms with Gasteiger partial charge < -0.3 is 9.84 Å². The molecular formula is C25H29ClN4O2S. The summed E-state index contributed by atoms with van der Waals surface area (Å²) in [6.07, 6.45) is 1.89. The van der Waals surface area contributed by atoms with Crippen LogP contribution in [0.5, 0.6) is 0 Å². The van der Waals surface area contributed by atoms with Crippen LogP contribution in [0.4, 0.5) is 0 Å². The predicted octanol–water partition coefficient (Wildman–Crippen LogP) is 4.96. The molecule has 6 nitrogen and oxygen atoms in total. The minimum atomic E-state index is -0.00385. The SMILES string of the molecule is Cc1cccc(CSCCNC(=O)C2CCCN(Cc3nc(-c4cccc(Cl)c4)no3)C2)c1. The zero-order valence-corrected chi connectivity index (χ0v) is 20.4. The number of carbonyl (C=O) groups is 1. The summed E-state index contributed by atoms with van der Waals surface area (Å²) >= 11 is 7.90. The minimum absolute atomic E-state index is 0.00385. The molecule has 3 aromatic rings. The molecule has 2 aromatic carbocycles. The van der Waals surface area contributed by atoms with E-state index in [-0.39, 0.29) is 11.8 Å². The topological polar surface area (TPSA) is 71.3 Å². The van der Waals surface area contributed by atoms with E-state index >= 15 is 0 Å². The van der Waals surface area contributed by atoms with Crippen LogP contribution in [-0.4, -0.2) is 46.3 Å². The number of aromatic nitrogens is 2. The van der Waals surface area contributed by atoms with Gasteiger partial charge in [-0.15, -0.1) is 0 Å². The normalized spacial score (nSPS) is 16.6. The molecule has 0 saturated carbocycles. The van der Waals surface area contributed by atoms with Gasteiger partial charge in [-0.25, -0.2) is 0 Å². The van der Waals surface area contributed by atoms with Crippen LogP contribution in [0.3, 0.4) is 0 Å². The highest BCUT2D eigenvalue weighted by Crippen LogP contribution is 2.22. The Morgan fingerprint density at radius 2 is 2.15 bits per heavy atom. The molecule has 0 spiro atoms. The van der Waals surface area contributed by atoms with Crippen molar-refractivity contribution in [2.75, 3.05) is 25.4 Å². The third-order valence-electron chi connectivity index (χ3n) is 5.68. The van der Waals surface area contributed by atoms with Crippen LogP contribution < -0.4 is 5.32 Å². The average molecular weight is 485 g/mol. The van der Waals surface area contributed by atoms with E-state index in [2.05, 4.69) is 51.5 Å². The van der Waals surface area contributed by atoms with E-state index in [1.165, 1.54) is 11.1 Å². The number of carbonyl (C=O) groups excluding carboxylic acids is 1. The second kappa shape index (κ2) is 11.7. The van der Waals surface area contributed by atoms with Gasteiger partial charge in [-0.3, -0.25) is 9.69 Å². The lowest BCUT2D eigenvalue weighted by molar-refractivity contribution is -0.126. The van der Waals surface area contributed by atoms with Gasteiger partial charge in [0, 0.05) is 35.2 Å². The number of aryl methyl sites for hydroxylation is 1. The third-order valence-corrected chi connectivity index (χ3v) is 6.95. The van der Waals surface area contributed by atoms with Crippen LogP contribution in [-0.2, 0) is 17.1 Å². The fourth-order valence-electron chi connectivity index (χ4n) is 4.05. The Labute approximate surface area is 204 Å². The molecule has 1 aromatic heterocycles. The quantitative estimate of drug-likeness (QED) is 0.433. The highest BCUT2D eigenvalue weighted by Gasteiger charge is 2.26. The van der Waals surface area contributed by atoms with E-state index in [9.17, 15) is 4.79 Å². The smallest absolute Gasteiger partial charge is 0.241 e. The molecule has 1 atom stereocenters. The summed E-state index contributed by atoms with van der Waals surface area (Å²) in [7, 11) is 0. The van der Waals surface area contributed by atoms with E-state index in [1.807, 2.05) is 36.0 Å². The molecular weight excluding hydrogens is 456 g/mol. The number of benzene rings is 2. The van der Waals surface area contributed by atoms with Crippen LogP contribution in [0.25, 0.3) is 11.4 Å². The first kappa shape index (κ1) is 23.8. The molecule has 1 saturated heterocycles. The zero-order chi connectivity index (χ0) is 23.0. The first-order valence-electron chi connectivity index (χ1n) is 11.3. The number of hydrogen-bond donors (Lipinski definition) is 1. The van der Waals surface area contributed by atoms with Gasteiger partial charge in [0.25, 0.3) is 0 Å². The molecule has 2 heterocycles. The summed E-state index contributed by atoms with van der Waals surface area (Å²) < 4.78 is 5.44. The fourth-order valence-corrected chi connectivity index (χ4v) is 5.05. The lowest BCUT2D eigenvalue weighted by Gasteiger charge is -2.30. The minimum Gasteiger partial charge on any atom is -0.355 e. The number of amides is 1. The number of likely N-dealkylation sites (tertiary alicyclic amines) is 1. The van der Waals surface area contributed by atoms with Crippen molar-refractivity contribution in [3.8, 4) is 11.4 Å². The molecule has 1 aliphatic heterocycles. The van der Waals surface area contributed by atoms with Crippen molar-refractivity contribution in [2.24, 2.45) is 5.92 Å². The molecule has 1 fully saturated rings. The Hall–Kier alpha value is -2.35. The Morgan fingerprint density at radius 3 is 3.00 bits per heavy atom. The molecule has 1 aliphatic rings. The van der Waals surface area contributed by atoms with Gasteiger partial charge >= 0.3 is 0 Å². The van der Waals surface area contributed by atoms with Crippen molar-refractivity contribution in [2.45, 2.75) is 32.1 Å². The number of nitrogens with one attached hydrogen (secondary N) is 1. The van der Waals surface area contributed by atoms with E-state index in [4.69, 9.17) is 16.1 Å². The van der Waals surface area contributed by atoms with Gasteiger partial charge in [0.1, 0.15) is 0 Å². The van der Waals surface area contributed by atoms with Crippen molar-refractivity contribution in [1.82, 2.24) is 20.4 Å². The van der Waals surface area contributed by atoms with Gasteiger partial charge in [-0.1, -0.05) is 58.7 Å². The molecule has 0 bridgehead atoms. The maximum Gasteiger partial charge on any atom is 0.241 e. The summed E-state index contributed by atoms with van der Waals surface area (Å²) in [5, 5.41) is 7.83. The van der Waals surface area contributed by atoms with Crippen LogP contribution >= 0.6 is 23.4 Å². The highest BCUT2D eigenvalue weighted by molar-refractivity contribution is 7.98. The third kappa shape index (κ3) is 7.06. The van der Waals surface area contributed by atoms with Gasteiger partial charge in [0.15, 0.2) is 0 Å². The molecule has 174 valence electrons. The van der Waals surface area contributed by atoms with Gasteiger partial charge in [0.2, 0.25) is 17.6 Å². The van der Waals surface area contributed by atoms with E-state index in [0.29, 0.717) is 36.4 Å². The van der Waals surface area contributed by atoms with Crippen molar-refractivity contribution < 1.29 is 9.32 Å². The number of halogens is 1. The summed E-state index contributed by atoms with van der Waals surface area (Å²) in [6.45, 7) is 4.98. The van der Waals surface area contributed by atoms with Crippen molar-refractivity contribution >= 4 is 29.3 Å². The lowest BCUT2D eigenvalue weighted by atomic mass is 9.97. The van der Waals surface area contributed by atoms with Crippen molar-refractivity contribution in [3.05, 3.63) is 70.6 Å². The summed E-state index contributed by atoms with van der Waals surface area (Å²) in [5.41, 5.74) is 3.44. The average Bonchev–Trinajstić information content (AvgIpc) is 3.27. The first-order chi connectivity index (χ1) is 16.1. The first-order valence-corrected chi connectivity index (χ1v) is 12.8. The van der Waals surface area contributed by atoms with E-state index in [1.54, 1.807) is 0 Å². The molecule has 1 amide bonds. The summed E-state index contributed by atoms with van der Waals surface area (Å²) in [6, 6.07) is 16.0. The second-order valence-electron chi connectivity index (χ2n) is 8.43. The molecule has 1 N–H and O–H groups in total. The van der Waals surface area contributed by atoms with Crippen LogP contribution in [0.15, 0.2) is 53.1 Å². The number of rotatable bonds is 9. The predicted molar refractivity (Wildman–Crippen MR) is 133 cm³/mol.